The fourth-order valence-corrected chi connectivity index (χ4v) is 2.44. The number of hydrogen-bond acceptors (Lipinski definition) is 5. The molecule has 0 unspecified atom stereocenters. The molecule has 0 aliphatic carbocycles. The highest BCUT2D eigenvalue weighted by atomic mass is 35.5. The molecule has 8 nitrogen and oxygen atoms in total. The first-order valence-corrected chi connectivity index (χ1v) is 7.83. The number of halogens is 3. The number of imide groups is 1. The summed E-state index contributed by atoms with van der Waals surface area (Å²) in [5.74, 6) is -2.43. The third kappa shape index (κ3) is 4.22. The number of pyridine rings is 1. The number of esters is 1. The van der Waals surface area contributed by atoms with Crippen LogP contribution in [0.1, 0.15) is 21.0 Å². The van der Waals surface area contributed by atoms with Crippen LogP contribution >= 0.6 is 34.8 Å². The smallest absolute Gasteiger partial charge is 0.405 e. The fourth-order valence-electron chi connectivity index (χ4n) is 1.84. The summed E-state index contributed by atoms with van der Waals surface area (Å²) in [6.07, 6.45) is 1.64. The lowest BCUT2D eigenvalue weighted by Crippen LogP contribution is -2.35. The predicted octanol–water partition coefficient (Wildman–Crippen LogP) is 1.49. The lowest BCUT2D eigenvalue weighted by atomic mass is 10.3. The van der Waals surface area contributed by atoms with Crippen LogP contribution in [0.15, 0.2) is 18.3 Å². The summed E-state index contributed by atoms with van der Waals surface area (Å²) in [4.78, 5) is 38.0. The first-order valence-electron chi connectivity index (χ1n) is 6.70. The number of nitrogens with one attached hydrogen (secondary N) is 2. The van der Waals surface area contributed by atoms with E-state index in [1.807, 2.05) is 0 Å². The van der Waals surface area contributed by atoms with Crippen molar-refractivity contribution in [2.75, 3.05) is 12.3 Å². The van der Waals surface area contributed by atoms with Gasteiger partial charge in [0.25, 0.3) is 17.0 Å². The van der Waals surface area contributed by atoms with Crippen molar-refractivity contribution in [2.45, 2.75) is 0 Å². The van der Waals surface area contributed by atoms with Crippen molar-refractivity contribution in [3.63, 3.8) is 0 Å². The summed E-state index contributed by atoms with van der Waals surface area (Å²) in [7, 11) is 1.64. The number of rotatable bonds is 4. The van der Waals surface area contributed by atoms with Crippen LogP contribution in [0.2, 0.25) is 15.2 Å². The number of aromatic nitrogens is 2. The summed E-state index contributed by atoms with van der Waals surface area (Å²) in [6, 6.07) is 3.17. The van der Waals surface area contributed by atoms with Crippen molar-refractivity contribution in [3.05, 3.63) is 44.9 Å². The Morgan fingerprint density at radius 3 is 2.56 bits per heavy atom. The minimum absolute atomic E-state index is 0.0471. The largest absolute Gasteiger partial charge is 0.448 e. The van der Waals surface area contributed by atoms with Gasteiger partial charge in [0.1, 0.15) is 15.7 Å². The number of hydrogen-bond donors (Lipinski definition) is 2. The molecular formula is C14H12Cl3N4O4+. The standard InChI is InChI=1S/C14H11Cl3N4O4/c1-21-4-2-3-6(21)13(23)19-7(22)5-25-14(24)11-8(15)10(18)9(16)12(17)20-11/h2-4H,5H2,1H3,(H2,18,20)(H,19,22,23)/p+1. The molecule has 2 aromatic heterocycles. The van der Waals surface area contributed by atoms with Gasteiger partial charge in [-0.05, 0) is 23.7 Å². The third-order valence-corrected chi connectivity index (χ3v) is 4.25. The number of amides is 2. The molecule has 25 heavy (non-hydrogen) atoms. The summed E-state index contributed by atoms with van der Waals surface area (Å²) in [5, 5.41) is 1.73. The molecule has 11 heteroatoms. The normalized spacial score (nSPS) is 10.4. The molecule has 2 rings (SSSR count). The molecule has 0 saturated carbocycles. The predicted molar refractivity (Wildman–Crippen MR) is 90.6 cm³/mol. The van der Waals surface area contributed by atoms with Gasteiger partial charge in [-0.2, -0.15) is 4.98 Å². The Morgan fingerprint density at radius 1 is 1.28 bits per heavy atom. The van der Waals surface area contributed by atoms with E-state index in [9.17, 15) is 14.4 Å². The first kappa shape index (κ1) is 19.0. The molecule has 0 atom stereocenters. The molecule has 132 valence electrons. The van der Waals surface area contributed by atoms with Crippen molar-refractivity contribution in [1.29, 1.82) is 0 Å². The molecule has 0 bridgehead atoms. The topological polar surface area (TPSA) is 118 Å². The van der Waals surface area contributed by atoms with Crippen molar-refractivity contribution in [3.8, 4) is 0 Å². The van der Waals surface area contributed by atoms with Gasteiger partial charge in [-0.1, -0.05) is 23.2 Å². The van der Waals surface area contributed by atoms with Gasteiger partial charge in [0.2, 0.25) is 0 Å². The molecule has 0 spiro atoms. The van der Waals surface area contributed by atoms with Crippen molar-refractivity contribution in [1.82, 2.24) is 9.88 Å². The van der Waals surface area contributed by atoms with Crippen LogP contribution in [0.5, 0.6) is 0 Å². The quantitative estimate of drug-likeness (QED) is 0.589. The molecule has 0 fully saturated rings. The average Bonchev–Trinajstić information content (AvgIpc) is 3.00. The Morgan fingerprint density at radius 2 is 1.96 bits per heavy atom. The zero-order valence-electron chi connectivity index (χ0n) is 12.7. The lowest BCUT2D eigenvalue weighted by Gasteiger charge is -2.06. The van der Waals surface area contributed by atoms with Gasteiger partial charge in [0.05, 0.1) is 5.69 Å². The second-order valence-electron chi connectivity index (χ2n) is 4.81. The Bertz CT molecular complexity index is 866. The maximum Gasteiger partial charge on any atom is 0.405 e. The molecule has 2 heterocycles. The van der Waals surface area contributed by atoms with Crippen molar-refractivity contribution >= 4 is 58.3 Å². The minimum Gasteiger partial charge on any atom is -0.448 e. The zero-order chi connectivity index (χ0) is 18.7. The van der Waals surface area contributed by atoms with Gasteiger partial charge in [-0.15, -0.1) is 0 Å². The average molecular weight is 407 g/mol. The van der Waals surface area contributed by atoms with Crippen LogP contribution in [0, 0.1) is 0 Å². The SMILES string of the molecule is Cn1cccc1C(=O)NC(=O)COC(=O)c1[nH+]c(Cl)c(Cl)c(N)c1Cl. The first-order chi connectivity index (χ1) is 11.7. The third-order valence-electron chi connectivity index (χ3n) is 3.09. The zero-order valence-corrected chi connectivity index (χ0v) is 15.0. The van der Waals surface area contributed by atoms with Gasteiger partial charge >= 0.3 is 11.7 Å². The summed E-state index contributed by atoms with van der Waals surface area (Å²) in [5.41, 5.74) is 5.50. The van der Waals surface area contributed by atoms with E-state index >= 15 is 0 Å². The molecule has 2 amide bonds. The summed E-state index contributed by atoms with van der Waals surface area (Å²) < 4.78 is 6.32. The second-order valence-corrected chi connectivity index (χ2v) is 5.95. The highest BCUT2D eigenvalue weighted by Crippen LogP contribution is 2.32. The molecule has 0 aliphatic heterocycles. The van der Waals surface area contributed by atoms with Gasteiger partial charge in [-0.3, -0.25) is 14.9 Å². The van der Waals surface area contributed by atoms with Crippen LogP contribution in [0.3, 0.4) is 0 Å². The molecule has 0 radical (unpaired) electrons. The number of carbonyl (C=O) groups is 3. The van der Waals surface area contributed by atoms with E-state index in [2.05, 4.69) is 10.3 Å². The summed E-state index contributed by atoms with van der Waals surface area (Å²) in [6.45, 7) is -0.709. The van der Waals surface area contributed by atoms with Crippen LogP contribution in [0.4, 0.5) is 5.69 Å². The van der Waals surface area contributed by atoms with Crippen LogP contribution in [-0.2, 0) is 16.6 Å². The second kappa shape index (κ2) is 7.73. The molecule has 0 aliphatic rings. The lowest BCUT2D eigenvalue weighted by molar-refractivity contribution is -0.380. The van der Waals surface area contributed by atoms with Crippen molar-refractivity contribution < 1.29 is 24.1 Å². The van der Waals surface area contributed by atoms with E-state index in [1.54, 1.807) is 19.3 Å². The highest BCUT2D eigenvalue weighted by molar-refractivity contribution is 6.45. The van der Waals surface area contributed by atoms with Crippen molar-refractivity contribution in [2.24, 2.45) is 7.05 Å². The maximum absolute atomic E-state index is 12.0. The maximum atomic E-state index is 12.0. The number of nitrogen functional groups attached to an aromatic ring is 1. The number of aromatic amines is 1. The Labute approximate surface area is 156 Å². The van der Waals surface area contributed by atoms with E-state index in [0.717, 1.165) is 0 Å². The number of aryl methyl sites for hydroxylation is 1. The van der Waals surface area contributed by atoms with Gasteiger partial charge in [0, 0.05) is 13.2 Å². The van der Waals surface area contributed by atoms with Gasteiger partial charge < -0.3 is 15.0 Å². The number of H-pyrrole nitrogens is 1. The number of nitrogens with two attached hydrogens (primary N) is 1. The number of anilines is 1. The Hall–Kier alpha value is -2.29. The number of carbonyl (C=O) groups excluding carboxylic acids is 3. The minimum atomic E-state index is -0.989. The van der Waals surface area contributed by atoms with Crippen LogP contribution in [-0.4, -0.2) is 29.0 Å². The molecule has 0 saturated heterocycles. The van der Waals surface area contributed by atoms with Gasteiger partial charge in [-0.25, -0.2) is 4.79 Å². The molecular weight excluding hydrogens is 395 g/mol. The summed E-state index contributed by atoms with van der Waals surface area (Å²) >= 11 is 17.4. The Balaban J connectivity index is 2.00. The fraction of sp³-hybridized carbons (Fsp3) is 0.143. The van der Waals surface area contributed by atoms with E-state index in [4.69, 9.17) is 45.3 Å². The molecule has 4 N–H and O–H groups in total. The molecule has 0 aromatic carbocycles. The number of ether oxygens (including phenoxy) is 1. The van der Waals surface area contributed by atoms with Gasteiger partial charge in [0.15, 0.2) is 6.61 Å². The Kier molecular flexibility index (Phi) is 5.89. The molecule has 2 aromatic rings. The highest BCUT2D eigenvalue weighted by Gasteiger charge is 2.28. The van der Waals surface area contributed by atoms with Crippen LogP contribution < -0.4 is 16.0 Å². The van der Waals surface area contributed by atoms with E-state index in [-0.39, 0.29) is 32.3 Å². The monoisotopic (exact) mass is 405 g/mol. The number of nitrogens with zero attached hydrogens (tertiary/aromatic N) is 1. The van der Waals surface area contributed by atoms with E-state index in [1.165, 1.54) is 10.6 Å². The van der Waals surface area contributed by atoms with Crippen LogP contribution in [0.25, 0.3) is 0 Å². The van der Waals surface area contributed by atoms with E-state index in [0.29, 0.717) is 0 Å². The van der Waals surface area contributed by atoms with E-state index < -0.39 is 24.4 Å².